The number of carbonyl (C=O) groups excluding carboxylic acids is 1. The van der Waals surface area contributed by atoms with Crippen molar-refractivity contribution in [2.75, 3.05) is 7.11 Å². The first kappa shape index (κ1) is 13.6. The Morgan fingerprint density at radius 1 is 1.59 bits per heavy atom. The van der Waals surface area contributed by atoms with Gasteiger partial charge in [0, 0.05) is 0 Å². The minimum Gasteiger partial charge on any atom is -0.510 e. The van der Waals surface area contributed by atoms with Gasteiger partial charge in [-0.2, -0.15) is 0 Å². The summed E-state index contributed by atoms with van der Waals surface area (Å²) in [5.41, 5.74) is 1.05. The van der Waals surface area contributed by atoms with Crippen LogP contribution in [0.15, 0.2) is 48.0 Å². The zero-order valence-electron chi connectivity index (χ0n) is 10.2. The van der Waals surface area contributed by atoms with Crippen molar-refractivity contribution in [1.29, 1.82) is 0 Å². The first-order valence-corrected chi connectivity index (χ1v) is 5.89. The van der Waals surface area contributed by atoms with Gasteiger partial charge in [-0.3, -0.25) is 4.79 Å². The third-order valence-electron chi connectivity index (χ3n) is 2.57. The molecule has 1 aliphatic rings. The van der Waals surface area contributed by atoms with Gasteiger partial charge in [-0.15, -0.1) is 0 Å². The summed E-state index contributed by atoms with van der Waals surface area (Å²) < 4.78 is 4.14. The number of allylic oxidation sites excluding steroid dienone is 3. The Hall–Kier alpha value is -1.42. The third kappa shape index (κ3) is 2.47. The van der Waals surface area contributed by atoms with Crippen molar-refractivity contribution >= 4 is 16.9 Å². The van der Waals surface area contributed by atoms with Gasteiger partial charge in [-0.25, -0.2) is 0 Å². The Bertz CT molecular complexity index is 446. The van der Waals surface area contributed by atoms with Gasteiger partial charge in [0.1, 0.15) is 17.1 Å². The molecule has 4 heteroatoms. The van der Waals surface area contributed by atoms with Crippen LogP contribution in [0.25, 0.3) is 0 Å². The highest BCUT2D eigenvalue weighted by atomic mass is 32.2. The number of aliphatic hydroxyl groups is 1. The maximum Gasteiger partial charge on any atom is 0.227 e. The molecule has 0 bridgehead atoms. The topological polar surface area (TPSA) is 46.5 Å². The van der Waals surface area contributed by atoms with Gasteiger partial charge in [0.05, 0.1) is 11.9 Å². The van der Waals surface area contributed by atoms with E-state index in [1.54, 1.807) is 19.1 Å². The van der Waals surface area contributed by atoms with Crippen molar-refractivity contribution in [3.05, 3.63) is 48.0 Å². The second-order valence-electron chi connectivity index (χ2n) is 3.94. The lowest BCUT2D eigenvalue weighted by Gasteiger charge is -2.18. The molecule has 1 aliphatic heterocycles. The molecule has 0 aromatic heterocycles. The van der Waals surface area contributed by atoms with Crippen LogP contribution in [-0.4, -0.2) is 22.1 Å². The monoisotopic (exact) mass is 252 g/mol. The summed E-state index contributed by atoms with van der Waals surface area (Å²) in [5, 5.41) is 9.91. The molecule has 1 atom stereocenters. The van der Waals surface area contributed by atoms with Crippen molar-refractivity contribution in [3.63, 3.8) is 0 Å². The van der Waals surface area contributed by atoms with Gasteiger partial charge in [0.2, 0.25) is 5.12 Å². The summed E-state index contributed by atoms with van der Waals surface area (Å²) in [4.78, 5) is 11.8. The smallest absolute Gasteiger partial charge is 0.227 e. The molecule has 1 rings (SSSR count). The standard InChI is InChI=1S/C13H16O3S/c1-6-8(2)7-13(4)11(14)10(9(3)16-5)12(15)17-13/h6-7,14H,1,3H2,2,4-5H3/b8-7+/t13-/m1/s1. The lowest BCUT2D eigenvalue weighted by atomic mass is 10.0. The van der Waals surface area contributed by atoms with E-state index in [0.29, 0.717) is 0 Å². The lowest BCUT2D eigenvalue weighted by molar-refractivity contribution is -0.107. The molecule has 0 amide bonds. The van der Waals surface area contributed by atoms with E-state index in [2.05, 4.69) is 13.2 Å². The number of carbonyl (C=O) groups is 1. The van der Waals surface area contributed by atoms with Crippen LogP contribution in [0.1, 0.15) is 13.8 Å². The van der Waals surface area contributed by atoms with Crippen molar-refractivity contribution in [3.8, 4) is 0 Å². The van der Waals surface area contributed by atoms with Gasteiger partial charge >= 0.3 is 0 Å². The molecular formula is C13H16O3S. The fraction of sp³-hybridized carbons (Fsp3) is 0.308. The van der Waals surface area contributed by atoms with Crippen LogP contribution >= 0.6 is 11.8 Å². The lowest BCUT2D eigenvalue weighted by Crippen LogP contribution is -2.17. The van der Waals surface area contributed by atoms with Crippen molar-refractivity contribution in [1.82, 2.24) is 0 Å². The second kappa shape index (κ2) is 4.84. The summed E-state index contributed by atoms with van der Waals surface area (Å²) in [5.74, 6) is 0.175. The SMILES string of the molecule is C=C/C(C)=C/[C@@]1(C)SC(=O)C(C(=C)OC)=C1O. The van der Waals surface area contributed by atoms with E-state index in [4.69, 9.17) is 4.74 Å². The van der Waals surface area contributed by atoms with Gasteiger partial charge in [0.15, 0.2) is 0 Å². The summed E-state index contributed by atoms with van der Waals surface area (Å²) in [6.07, 6.45) is 3.47. The number of hydrogen-bond acceptors (Lipinski definition) is 4. The molecule has 92 valence electrons. The van der Waals surface area contributed by atoms with Crippen molar-refractivity contribution in [2.24, 2.45) is 0 Å². The summed E-state index contributed by atoms with van der Waals surface area (Å²) in [7, 11) is 1.42. The second-order valence-corrected chi connectivity index (χ2v) is 5.36. The normalized spacial score (nSPS) is 25.1. The Balaban J connectivity index is 3.25. The Labute approximate surface area is 106 Å². The summed E-state index contributed by atoms with van der Waals surface area (Å²) in [6, 6.07) is 0. The minimum atomic E-state index is -0.772. The zero-order valence-corrected chi connectivity index (χ0v) is 11.1. The molecule has 3 nitrogen and oxygen atoms in total. The average Bonchev–Trinajstić information content (AvgIpc) is 2.48. The molecule has 0 radical (unpaired) electrons. The minimum absolute atomic E-state index is 0.0134. The van der Waals surface area contributed by atoms with Crippen LogP contribution in [0.5, 0.6) is 0 Å². The van der Waals surface area contributed by atoms with E-state index in [9.17, 15) is 9.90 Å². The quantitative estimate of drug-likeness (QED) is 0.617. The maximum atomic E-state index is 11.8. The van der Waals surface area contributed by atoms with Gasteiger partial charge in [-0.05, 0) is 13.8 Å². The Morgan fingerprint density at radius 3 is 2.65 bits per heavy atom. The summed E-state index contributed by atoms with van der Waals surface area (Å²) >= 11 is 1.04. The first-order valence-electron chi connectivity index (χ1n) is 5.08. The average molecular weight is 252 g/mol. The number of thioether (sulfide) groups is 1. The molecule has 0 saturated heterocycles. The predicted octanol–water partition coefficient (Wildman–Crippen LogP) is 3.12. The molecule has 1 N–H and O–H groups in total. The molecule has 1 heterocycles. The molecular weight excluding hydrogens is 236 g/mol. The van der Waals surface area contributed by atoms with Gasteiger partial charge < -0.3 is 9.84 Å². The molecule has 0 spiro atoms. The van der Waals surface area contributed by atoms with Crippen molar-refractivity contribution < 1.29 is 14.6 Å². The predicted molar refractivity (Wildman–Crippen MR) is 70.8 cm³/mol. The Morgan fingerprint density at radius 2 is 2.18 bits per heavy atom. The molecule has 0 aromatic rings. The van der Waals surface area contributed by atoms with E-state index >= 15 is 0 Å². The number of aliphatic hydroxyl groups excluding tert-OH is 1. The van der Waals surface area contributed by atoms with Crippen LogP contribution in [0, 0.1) is 0 Å². The number of hydrogen-bond donors (Lipinski definition) is 1. The Kier molecular flexibility index (Phi) is 3.88. The van der Waals surface area contributed by atoms with Crippen LogP contribution in [0.3, 0.4) is 0 Å². The highest BCUT2D eigenvalue weighted by molar-refractivity contribution is 8.16. The zero-order chi connectivity index (χ0) is 13.2. The molecule has 0 unspecified atom stereocenters. The highest BCUT2D eigenvalue weighted by Gasteiger charge is 2.43. The molecule has 17 heavy (non-hydrogen) atoms. The molecule has 0 saturated carbocycles. The maximum absolute atomic E-state index is 11.8. The van der Waals surface area contributed by atoms with Crippen LogP contribution < -0.4 is 0 Å². The van der Waals surface area contributed by atoms with Crippen LogP contribution in [0.2, 0.25) is 0 Å². The van der Waals surface area contributed by atoms with Gasteiger partial charge in [-0.1, -0.05) is 42.6 Å². The number of ether oxygens (including phenoxy) is 1. The van der Waals surface area contributed by atoms with Crippen LogP contribution in [0.4, 0.5) is 0 Å². The van der Waals surface area contributed by atoms with E-state index < -0.39 is 4.75 Å². The highest BCUT2D eigenvalue weighted by Crippen LogP contribution is 2.45. The number of rotatable bonds is 4. The molecule has 0 fully saturated rings. The van der Waals surface area contributed by atoms with Crippen molar-refractivity contribution in [2.45, 2.75) is 18.6 Å². The fourth-order valence-electron chi connectivity index (χ4n) is 1.58. The van der Waals surface area contributed by atoms with Gasteiger partial charge in [0.25, 0.3) is 0 Å². The van der Waals surface area contributed by atoms with E-state index in [1.165, 1.54) is 7.11 Å². The first-order chi connectivity index (χ1) is 7.85. The largest absolute Gasteiger partial charge is 0.510 e. The summed E-state index contributed by atoms with van der Waals surface area (Å²) in [6.45, 7) is 10.9. The van der Waals surface area contributed by atoms with Crippen LogP contribution in [-0.2, 0) is 9.53 Å². The molecule has 0 aliphatic carbocycles. The van der Waals surface area contributed by atoms with E-state index in [0.717, 1.165) is 17.3 Å². The molecule has 0 aromatic carbocycles. The fourth-order valence-corrected chi connectivity index (χ4v) is 2.72. The number of methoxy groups -OCH3 is 1. The third-order valence-corrected chi connectivity index (χ3v) is 3.69. The van der Waals surface area contributed by atoms with E-state index in [1.807, 2.05) is 6.92 Å². The van der Waals surface area contributed by atoms with E-state index in [-0.39, 0.29) is 22.2 Å².